The molecular weight excluding hydrogens is 140 g/mol. The molecule has 0 rings (SSSR count). The summed E-state index contributed by atoms with van der Waals surface area (Å²) in [6.45, 7) is -0.430. The number of hydrazone groups is 1. The fraction of sp³-hybridized carbons (Fsp3) is 0.333. The van der Waals surface area contributed by atoms with Crippen molar-refractivity contribution in [2.45, 2.75) is 0 Å². The summed E-state index contributed by atoms with van der Waals surface area (Å²) < 4.78 is 0. The first-order valence-corrected chi connectivity index (χ1v) is 2.31. The molecule has 10 heavy (non-hydrogen) atoms. The number of carbonyl (C=O) groups excluding carboxylic acids is 1. The summed E-state index contributed by atoms with van der Waals surface area (Å²) in [5.41, 5.74) is 6.38. The summed E-state index contributed by atoms with van der Waals surface area (Å²) >= 11 is 0. The Bertz CT molecular complexity index is 147. The number of urea groups is 1. The summed E-state index contributed by atoms with van der Waals surface area (Å²) in [4.78, 5) is 18.9. The fourth-order valence-electron chi connectivity index (χ4n) is 0.217. The van der Waals surface area contributed by atoms with E-state index < -0.39 is 17.5 Å². The average molecular weight is 146 g/mol. The smallest absolute Gasteiger partial charge is 0.332 e. The monoisotopic (exact) mass is 146 g/mol. The molecule has 3 N–H and O–H groups in total. The predicted molar refractivity (Wildman–Crippen MR) is 33.1 cm³/mol. The van der Waals surface area contributed by atoms with Crippen LogP contribution >= 0.6 is 0 Å². The second-order valence-corrected chi connectivity index (χ2v) is 1.30. The van der Waals surface area contributed by atoms with Gasteiger partial charge in [0.15, 0.2) is 0 Å². The van der Waals surface area contributed by atoms with Gasteiger partial charge in [-0.2, -0.15) is 5.10 Å². The van der Waals surface area contributed by atoms with E-state index in [0.717, 1.165) is 6.21 Å². The summed E-state index contributed by atoms with van der Waals surface area (Å²) in [6.07, 6.45) is 0.935. The molecule has 56 valence electrons. The zero-order chi connectivity index (χ0) is 7.98. The van der Waals surface area contributed by atoms with Crippen LogP contribution in [0.4, 0.5) is 4.79 Å². The van der Waals surface area contributed by atoms with Crippen LogP contribution in [0.25, 0.3) is 0 Å². The van der Waals surface area contributed by atoms with E-state index in [4.69, 9.17) is 0 Å². The molecule has 0 fully saturated rings. The highest BCUT2D eigenvalue weighted by molar-refractivity contribution is 5.72. The Morgan fingerprint density at radius 2 is 2.50 bits per heavy atom. The zero-order valence-electron chi connectivity index (χ0n) is 4.98. The second-order valence-electron chi connectivity index (χ2n) is 1.30. The maximum Gasteiger partial charge on any atom is 0.332 e. The number of nitrogens with zero attached hydrogens (tertiary/aromatic N) is 2. The van der Waals surface area contributed by atoms with Gasteiger partial charge >= 0.3 is 6.03 Å². The highest BCUT2D eigenvalue weighted by atomic mass is 16.6. The molecule has 7 nitrogen and oxygen atoms in total. The van der Waals surface area contributed by atoms with Crippen molar-refractivity contribution in [3.05, 3.63) is 10.1 Å². The third-order valence-corrected chi connectivity index (χ3v) is 0.497. The first-order chi connectivity index (χ1) is 4.63. The van der Waals surface area contributed by atoms with Crippen molar-refractivity contribution in [3.63, 3.8) is 0 Å². The zero-order valence-corrected chi connectivity index (χ0v) is 4.98. The third-order valence-electron chi connectivity index (χ3n) is 0.497. The summed E-state index contributed by atoms with van der Waals surface area (Å²) in [5.74, 6) is 0. The van der Waals surface area contributed by atoms with Gasteiger partial charge in [0.2, 0.25) is 6.54 Å². The standard InChI is InChI=1S/C3H6N4O3/c4-3(8)6-5-1-2-7(9)10/h1H,2H2,(H3,4,6,8). The predicted octanol–water partition coefficient (Wildman–Crippen LogP) is -1.08. The van der Waals surface area contributed by atoms with Gasteiger partial charge in [0.1, 0.15) is 0 Å². The molecule has 0 saturated carbocycles. The molecule has 0 spiro atoms. The summed E-state index contributed by atoms with van der Waals surface area (Å²) in [7, 11) is 0. The largest absolute Gasteiger partial charge is 0.350 e. The highest BCUT2D eigenvalue weighted by Crippen LogP contribution is 1.62. The molecule has 0 aliphatic carbocycles. The van der Waals surface area contributed by atoms with Crippen molar-refractivity contribution in [3.8, 4) is 0 Å². The van der Waals surface area contributed by atoms with Crippen molar-refractivity contribution < 1.29 is 9.72 Å². The molecular formula is C3H6N4O3. The maximum atomic E-state index is 9.87. The average Bonchev–Trinajstić information content (AvgIpc) is 1.79. The quantitative estimate of drug-likeness (QED) is 0.300. The lowest BCUT2D eigenvalue weighted by molar-refractivity contribution is -0.462. The van der Waals surface area contributed by atoms with Gasteiger partial charge < -0.3 is 5.73 Å². The summed E-state index contributed by atoms with van der Waals surface area (Å²) in [6, 6.07) is -0.848. The van der Waals surface area contributed by atoms with Crippen molar-refractivity contribution in [1.29, 1.82) is 0 Å². The van der Waals surface area contributed by atoms with Gasteiger partial charge in [-0.3, -0.25) is 10.1 Å². The molecule has 0 heterocycles. The molecule has 0 aliphatic heterocycles. The van der Waals surface area contributed by atoms with Crippen molar-refractivity contribution in [2.24, 2.45) is 10.8 Å². The molecule has 0 bridgehead atoms. The number of nitrogens with two attached hydrogens (primary N) is 1. The molecule has 0 atom stereocenters. The first kappa shape index (κ1) is 8.34. The third kappa shape index (κ3) is 6.34. The Labute approximate surface area is 56.0 Å². The van der Waals surface area contributed by atoms with Crippen LogP contribution in [0.1, 0.15) is 0 Å². The minimum atomic E-state index is -0.848. The molecule has 2 amide bonds. The fourth-order valence-corrected chi connectivity index (χ4v) is 0.217. The minimum absolute atomic E-state index is 0.430. The molecule has 0 aromatic carbocycles. The van der Waals surface area contributed by atoms with E-state index in [2.05, 4.69) is 10.8 Å². The highest BCUT2D eigenvalue weighted by Gasteiger charge is 1.89. The van der Waals surface area contributed by atoms with Crippen LogP contribution in [0, 0.1) is 10.1 Å². The Balaban J connectivity index is 3.38. The Hall–Kier alpha value is -1.66. The van der Waals surface area contributed by atoms with Gasteiger partial charge in [-0.15, -0.1) is 0 Å². The van der Waals surface area contributed by atoms with Crippen LogP contribution in [-0.2, 0) is 0 Å². The normalized spacial score (nSPS) is 9.60. The maximum absolute atomic E-state index is 9.87. The van der Waals surface area contributed by atoms with Gasteiger partial charge in [-0.25, -0.2) is 10.2 Å². The number of nitro groups is 1. The first-order valence-electron chi connectivity index (χ1n) is 2.31. The minimum Gasteiger partial charge on any atom is -0.350 e. The van der Waals surface area contributed by atoms with Crippen LogP contribution in [0.2, 0.25) is 0 Å². The Morgan fingerprint density at radius 1 is 1.90 bits per heavy atom. The Morgan fingerprint density at radius 3 is 2.90 bits per heavy atom. The van der Waals surface area contributed by atoms with Gasteiger partial charge in [-0.05, 0) is 0 Å². The molecule has 7 heteroatoms. The van der Waals surface area contributed by atoms with Crippen LogP contribution in [-0.4, -0.2) is 23.7 Å². The van der Waals surface area contributed by atoms with Gasteiger partial charge in [-0.1, -0.05) is 0 Å². The van der Waals surface area contributed by atoms with Crippen LogP contribution in [0.3, 0.4) is 0 Å². The van der Waals surface area contributed by atoms with E-state index in [9.17, 15) is 14.9 Å². The van der Waals surface area contributed by atoms with Crippen molar-refractivity contribution in [2.75, 3.05) is 6.54 Å². The SMILES string of the molecule is NC(=O)NN=CC[N+](=O)[O-]. The lowest BCUT2D eigenvalue weighted by atomic mass is 10.8. The molecule has 0 aliphatic rings. The van der Waals surface area contributed by atoms with E-state index in [0.29, 0.717) is 0 Å². The van der Waals surface area contributed by atoms with Crippen LogP contribution < -0.4 is 11.2 Å². The van der Waals surface area contributed by atoms with E-state index in [1.54, 1.807) is 5.43 Å². The van der Waals surface area contributed by atoms with Crippen molar-refractivity contribution >= 4 is 12.2 Å². The summed E-state index contributed by atoms with van der Waals surface area (Å²) in [5, 5.41) is 12.7. The van der Waals surface area contributed by atoms with E-state index >= 15 is 0 Å². The van der Waals surface area contributed by atoms with Crippen LogP contribution in [0.15, 0.2) is 5.10 Å². The number of hydrogen-bond donors (Lipinski definition) is 2. The molecule has 0 radical (unpaired) electrons. The second kappa shape index (κ2) is 4.24. The Kier molecular flexibility index (Phi) is 3.54. The van der Waals surface area contributed by atoms with Crippen LogP contribution in [0.5, 0.6) is 0 Å². The van der Waals surface area contributed by atoms with E-state index in [1.165, 1.54) is 0 Å². The van der Waals surface area contributed by atoms with Crippen molar-refractivity contribution in [1.82, 2.24) is 5.43 Å². The van der Waals surface area contributed by atoms with Gasteiger partial charge in [0.05, 0.1) is 6.21 Å². The lowest BCUT2D eigenvalue weighted by Crippen LogP contribution is -2.24. The molecule has 0 aromatic rings. The molecule has 0 unspecified atom stereocenters. The topological polar surface area (TPSA) is 111 Å². The van der Waals surface area contributed by atoms with E-state index in [1.807, 2.05) is 0 Å². The number of amides is 2. The molecule has 0 saturated heterocycles. The number of hydrogen-bond acceptors (Lipinski definition) is 4. The number of nitrogens with one attached hydrogen (secondary N) is 1. The lowest BCUT2D eigenvalue weighted by Gasteiger charge is -1.87. The number of rotatable bonds is 3. The molecule has 0 aromatic heterocycles. The number of primary amides is 1. The van der Waals surface area contributed by atoms with Gasteiger partial charge in [0.25, 0.3) is 0 Å². The number of carbonyl (C=O) groups is 1. The van der Waals surface area contributed by atoms with Gasteiger partial charge in [0, 0.05) is 4.92 Å². The van der Waals surface area contributed by atoms with E-state index in [-0.39, 0.29) is 0 Å².